The summed E-state index contributed by atoms with van der Waals surface area (Å²) in [6, 6.07) is 11.6. The van der Waals surface area contributed by atoms with Gasteiger partial charge in [0.05, 0.1) is 12.9 Å². The van der Waals surface area contributed by atoms with Crippen LogP contribution in [0.25, 0.3) is 5.78 Å². The fourth-order valence-electron chi connectivity index (χ4n) is 4.99. The highest BCUT2D eigenvalue weighted by Gasteiger charge is 2.33. The number of H-pyrrole nitrogens is 1. The number of nitrogens with one attached hydrogen (secondary N) is 1. The number of nitrogens with zero attached hydrogens (tertiary/aromatic N) is 7. The molecule has 4 N–H and O–H groups in total. The van der Waals surface area contributed by atoms with Crippen LogP contribution in [0.1, 0.15) is 18.4 Å². The van der Waals surface area contributed by atoms with E-state index in [1.807, 2.05) is 37.3 Å². The number of nitrogens with two attached hydrogens (primary N) is 1. The molecular weight excluding hydrogens is 490 g/mol. The summed E-state index contributed by atoms with van der Waals surface area (Å²) in [5, 5.41) is 13.3. The van der Waals surface area contributed by atoms with Gasteiger partial charge in [-0.2, -0.15) is 4.98 Å². The first-order valence-electron chi connectivity index (χ1n) is 12.7. The number of benzene rings is 1. The number of piperazine rings is 1. The molecule has 200 valence electrons. The molecule has 1 atom stereocenters. The second-order valence-corrected chi connectivity index (χ2v) is 9.38. The van der Waals surface area contributed by atoms with E-state index in [-0.39, 0.29) is 25.1 Å². The van der Waals surface area contributed by atoms with Gasteiger partial charge in [-0.05, 0) is 43.3 Å². The average molecular weight is 522 g/mol. The van der Waals surface area contributed by atoms with Crippen LogP contribution in [0.15, 0.2) is 56.9 Å². The Balaban J connectivity index is 1.15. The van der Waals surface area contributed by atoms with Gasteiger partial charge < -0.3 is 19.2 Å². The zero-order chi connectivity index (χ0) is 26.2. The van der Waals surface area contributed by atoms with E-state index in [0.29, 0.717) is 41.9 Å². The molecule has 13 heteroatoms. The number of aliphatic hydroxyl groups excluding tert-OH is 1. The van der Waals surface area contributed by atoms with Gasteiger partial charge in [0.15, 0.2) is 11.6 Å². The molecule has 5 heterocycles. The predicted molar refractivity (Wildman–Crippen MR) is 142 cm³/mol. The Morgan fingerprint density at radius 2 is 1.95 bits per heavy atom. The monoisotopic (exact) mass is 521 g/mol. The molecule has 38 heavy (non-hydrogen) atoms. The number of aromatic nitrogens is 4. The highest BCUT2D eigenvalue weighted by Crippen LogP contribution is 2.29. The second kappa shape index (κ2) is 10.0. The minimum atomic E-state index is -0.331. The third kappa shape index (κ3) is 4.34. The van der Waals surface area contributed by atoms with Gasteiger partial charge in [0.25, 0.3) is 0 Å². The van der Waals surface area contributed by atoms with E-state index in [1.54, 1.807) is 21.4 Å². The van der Waals surface area contributed by atoms with Crippen molar-refractivity contribution in [2.45, 2.75) is 19.6 Å². The van der Waals surface area contributed by atoms with E-state index in [9.17, 15) is 4.79 Å². The Morgan fingerprint density at radius 3 is 2.66 bits per heavy atom. The van der Waals surface area contributed by atoms with Crippen LogP contribution < -0.4 is 26.2 Å². The predicted octanol–water partition coefficient (Wildman–Crippen LogP) is 0.488. The number of hydrazine groups is 1. The molecule has 1 unspecified atom stereocenters. The fraction of sp³-hybridized carbons (Fsp3) is 0.400. The number of aliphatic hydroxyl groups is 1. The minimum absolute atomic E-state index is 0.00206. The third-order valence-electron chi connectivity index (χ3n) is 7.05. The number of furan rings is 1. The van der Waals surface area contributed by atoms with Gasteiger partial charge in [-0.25, -0.2) is 20.3 Å². The highest BCUT2D eigenvalue weighted by atomic mass is 16.5. The summed E-state index contributed by atoms with van der Waals surface area (Å²) in [4.78, 5) is 27.0. The van der Waals surface area contributed by atoms with Crippen LogP contribution in [-0.2, 0) is 6.54 Å². The lowest BCUT2D eigenvalue weighted by Crippen LogP contribution is -2.47. The van der Waals surface area contributed by atoms with E-state index in [1.165, 1.54) is 5.01 Å². The normalized spacial score (nSPS) is 18.2. The van der Waals surface area contributed by atoms with Crippen LogP contribution in [-0.4, -0.2) is 87.0 Å². The first-order chi connectivity index (χ1) is 18.5. The zero-order valence-electron chi connectivity index (χ0n) is 21.2. The second-order valence-electron chi connectivity index (χ2n) is 9.38. The molecule has 0 saturated carbocycles. The number of hydrogen-bond acceptors (Lipinski definition) is 10. The van der Waals surface area contributed by atoms with Crippen molar-refractivity contribution in [1.29, 1.82) is 0 Å². The quantitative estimate of drug-likeness (QED) is 0.282. The number of hydrogen-bond donors (Lipinski definition) is 3. The summed E-state index contributed by atoms with van der Waals surface area (Å²) in [5.41, 5.74) is 2.11. The molecule has 6 rings (SSSR count). The molecule has 0 aliphatic carbocycles. The van der Waals surface area contributed by atoms with Crippen LogP contribution in [0.4, 0.5) is 11.5 Å². The molecule has 1 saturated heterocycles. The molecular formula is C25H31N9O4. The molecule has 1 fully saturated rings. The van der Waals surface area contributed by atoms with Crippen LogP contribution in [0.2, 0.25) is 0 Å². The topological polar surface area (TPSA) is 146 Å². The lowest BCUT2D eigenvalue weighted by Gasteiger charge is -2.36. The van der Waals surface area contributed by atoms with Gasteiger partial charge in [0, 0.05) is 45.0 Å². The molecule has 0 spiro atoms. The smallest absolute Gasteiger partial charge is 0.343 e. The largest absolute Gasteiger partial charge is 0.491 e. The van der Waals surface area contributed by atoms with E-state index in [4.69, 9.17) is 25.1 Å². The maximum absolute atomic E-state index is 12.9. The van der Waals surface area contributed by atoms with Crippen molar-refractivity contribution < 1.29 is 14.3 Å². The molecule has 4 aromatic rings. The molecule has 3 aromatic heterocycles. The summed E-state index contributed by atoms with van der Waals surface area (Å²) >= 11 is 0. The van der Waals surface area contributed by atoms with E-state index in [0.717, 1.165) is 37.6 Å². The van der Waals surface area contributed by atoms with Gasteiger partial charge in [0.2, 0.25) is 5.78 Å². The molecule has 2 aliphatic rings. The zero-order valence-corrected chi connectivity index (χ0v) is 21.2. The van der Waals surface area contributed by atoms with Crippen LogP contribution in [0.5, 0.6) is 5.75 Å². The number of anilines is 2. The van der Waals surface area contributed by atoms with Crippen LogP contribution in [0.3, 0.4) is 0 Å². The van der Waals surface area contributed by atoms with Gasteiger partial charge in [-0.15, -0.1) is 0 Å². The number of aliphatic imine (C=N–C) groups is 1. The van der Waals surface area contributed by atoms with Crippen molar-refractivity contribution in [2.24, 2.45) is 10.8 Å². The SMILES string of the molecule is CC1N=C(c2ccco2)c2c(nc3n(CCN4CCN(c5ccc(OCCO)cc5)CC4)c(=O)[nH]n23)N1N. The number of rotatable bonds is 8. The molecule has 0 radical (unpaired) electrons. The maximum Gasteiger partial charge on any atom is 0.343 e. The van der Waals surface area contributed by atoms with E-state index < -0.39 is 0 Å². The molecule has 0 bridgehead atoms. The number of imidazole rings is 1. The first-order valence-corrected chi connectivity index (χ1v) is 12.7. The van der Waals surface area contributed by atoms with E-state index in [2.05, 4.69) is 19.9 Å². The number of fused-ring (bicyclic) bond motifs is 3. The molecule has 1 aromatic carbocycles. The summed E-state index contributed by atoms with van der Waals surface area (Å²) < 4.78 is 14.3. The minimum Gasteiger partial charge on any atom is -0.491 e. The average Bonchev–Trinajstić information content (AvgIpc) is 3.66. The van der Waals surface area contributed by atoms with Gasteiger partial charge in [-0.3, -0.25) is 19.5 Å². The summed E-state index contributed by atoms with van der Waals surface area (Å²) in [6.07, 6.45) is 1.26. The van der Waals surface area contributed by atoms with Crippen molar-refractivity contribution in [2.75, 3.05) is 55.8 Å². The molecule has 0 amide bonds. The van der Waals surface area contributed by atoms with Crippen molar-refractivity contribution in [3.63, 3.8) is 0 Å². The fourth-order valence-corrected chi connectivity index (χ4v) is 4.99. The lowest BCUT2D eigenvalue weighted by atomic mass is 10.1. The molecule has 2 aliphatic heterocycles. The van der Waals surface area contributed by atoms with E-state index >= 15 is 0 Å². The third-order valence-corrected chi connectivity index (χ3v) is 7.05. The van der Waals surface area contributed by atoms with Crippen molar-refractivity contribution in [3.8, 4) is 5.75 Å². The van der Waals surface area contributed by atoms with Gasteiger partial charge in [0.1, 0.15) is 29.9 Å². The highest BCUT2D eigenvalue weighted by molar-refractivity contribution is 6.14. The number of aromatic amines is 1. The van der Waals surface area contributed by atoms with Gasteiger partial charge in [-0.1, -0.05) is 0 Å². The van der Waals surface area contributed by atoms with Crippen LogP contribution in [0, 0.1) is 0 Å². The Kier molecular flexibility index (Phi) is 6.39. The van der Waals surface area contributed by atoms with Crippen molar-refractivity contribution in [1.82, 2.24) is 24.1 Å². The summed E-state index contributed by atoms with van der Waals surface area (Å²) in [5.74, 6) is 8.66. The first kappa shape index (κ1) is 24.3. The maximum atomic E-state index is 12.9. The Bertz CT molecular complexity index is 1480. The van der Waals surface area contributed by atoms with Crippen molar-refractivity contribution in [3.05, 3.63) is 64.6 Å². The Hall–Kier alpha value is -4.07. The Morgan fingerprint density at radius 1 is 1.16 bits per heavy atom. The summed E-state index contributed by atoms with van der Waals surface area (Å²) in [6.45, 7) is 6.91. The molecule has 13 nitrogen and oxygen atoms in total. The standard InChI is InChI=1S/C25H31N9O4/c1-17-27-21(20-3-2-15-38-20)22-23(33(17)26)28-24-32(25(36)29-34(22)24)13-10-30-8-11-31(12-9-30)18-4-6-19(7-5-18)37-16-14-35/h2-7,15,17,35H,8-14,16,26H2,1H3,(H,29,36). The Labute approximate surface area is 218 Å². The summed E-state index contributed by atoms with van der Waals surface area (Å²) in [7, 11) is 0. The van der Waals surface area contributed by atoms with Crippen LogP contribution >= 0.6 is 0 Å². The van der Waals surface area contributed by atoms with Gasteiger partial charge >= 0.3 is 5.69 Å². The van der Waals surface area contributed by atoms with Crippen molar-refractivity contribution >= 4 is 23.0 Å². The number of ether oxygens (including phenoxy) is 1. The lowest BCUT2D eigenvalue weighted by molar-refractivity contribution is 0.201.